The van der Waals surface area contributed by atoms with Crippen LogP contribution in [-0.2, 0) is 14.3 Å². The SMILES string of the molecule is NCCOS(=O)(=O)C1CCCCC1. The third-order valence-corrected chi connectivity index (χ3v) is 4.11. The standard InChI is InChI=1S/C8H17NO3S/c9-6-7-12-13(10,11)8-4-2-1-3-5-8/h8H,1-7,9H2. The molecule has 0 aromatic rings. The molecule has 5 heteroatoms. The minimum absolute atomic E-state index is 0.110. The van der Waals surface area contributed by atoms with Crippen molar-refractivity contribution in [2.24, 2.45) is 5.73 Å². The van der Waals surface area contributed by atoms with E-state index in [0.29, 0.717) is 0 Å². The Bertz CT molecular complexity index is 232. The van der Waals surface area contributed by atoms with Gasteiger partial charge >= 0.3 is 0 Å². The first-order valence-corrected chi connectivity index (χ1v) is 6.22. The van der Waals surface area contributed by atoms with E-state index < -0.39 is 10.1 Å². The molecule has 1 fully saturated rings. The van der Waals surface area contributed by atoms with Gasteiger partial charge in [0.1, 0.15) is 0 Å². The highest BCUT2D eigenvalue weighted by Gasteiger charge is 2.27. The highest BCUT2D eigenvalue weighted by Crippen LogP contribution is 2.24. The van der Waals surface area contributed by atoms with Crippen molar-refractivity contribution in [2.75, 3.05) is 13.2 Å². The second kappa shape index (κ2) is 4.93. The fourth-order valence-corrected chi connectivity index (χ4v) is 3.05. The summed E-state index contributed by atoms with van der Waals surface area (Å²) < 4.78 is 27.7. The lowest BCUT2D eigenvalue weighted by molar-refractivity contribution is 0.311. The molecular formula is C8H17NO3S. The molecule has 4 nitrogen and oxygen atoms in total. The average molecular weight is 207 g/mol. The van der Waals surface area contributed by atoms with Crippen LogP contribution in [0.3, 0.4) is 0 Å². The topological polar surface area (TPSA) is 69.4 Å². The van der Waals surface area contributed by atoms with Gasteiger partial charge in [0.25, 0.3) is 10.1 Å². The highest BCUT2D eigenvalue weighted by molar-refractivity contribution is 7.87. The molecule has 2 N–H and O–H groups in total. The molecule has 0 aliphatic heterocycles. The van der Waals surface area contributed by atoms with Gasteiger partial charge in [-0.1, -0.05) is 19.3 Å². The summed E-state index contributed by atoms with van der Waals surface area (Å²) in [5, 5.41) is -0.284. The van der Waals surface area contributed by atoms with Crippen LogP contribution in [0.2, 0.25) is 0 Å². The zero-order chi connectivity index (χ0) is 9.73. The van der Waals surface area contributed by atoms with Gasteiger partial charge in [0.2, 0.25) is 0 Å². The normalized spacial score (nSPS) is 20.4. The van der Waals surface area contributed by atoms with Gasteiger partial charge in [-0.2, -0.15) is 8.42 Å². The van der Waals surface area contributed by atoms with Crippen molar-refractivity contribution in [3.8, 4) is 0 Å². The van der Waals surface area contributed by atoms with Gasteiger partial charge in [-0.05, 0) is 12.8 Å². The zero-order valence-electron chi connectivity index (χ0n) is 7.74. The van der Waals surface area contributed by atoms with Crippen LogP contribution in [0.25, 0.3) is 0 Å². The summed E-state index contributed by atoms with van der Waals surface area (Å²) >= 11 is 0. The van der Waals surface area contributed by atoms with Crippen LogP contribution in [-0.4, -0.2) is 26.8 Å². The summed E-state index contributed by atoms with van der Waals surface area (Å²) in [6, 6.07) is 0. The Morgan fingerprint density at radius 3 is 2.38 bits per heavy atom. The van der Waals surface area contributed by atoms with Crippen LogP contribution in [0.5, 0.6) is 0 Å². The van der Waals surface area contributed by atoms with Gasteiger partial charge in [0, 0.05) is 6.54 Å². The first-order chi connectivity index (χ1) is 6.17. The third kappa shape index (κ3) is 3.25. The predicted octanol–water partition coefficient (Wildman–Crippen LogP) is 0.624. The molecule has 1 saturated carbocycles. The third-order valence-electron chi connectivity index (χ3n) is 2.33. The molecule has 0 saturated heterocycles. The molecule has 0 aromatic carbocycles. The lowest BCUT2D eigenvalue weighted by Gasteiger charge is -2.20. The van der Waals surface area contributed by atoms with Crippen molar-refractivity contribution in [1.82, 2.24) is 0 Å². The maximum absolute atomic E-state index is 11.5. The minimum Gasteiger partial charge on any atom is -0.328 e. The van der Waals surface area contributed by atoms with E-state index in [9.17, 15) is 8.42 Å². The fraction of sp³-hybridized carbons (Fsp3) is 1.00. The number of hydrogen-bond acceptors (Lipinski definition) is 4. The van der Waals surface area contributed by atoms with E-state index in [-0.39, 0.29) is 18.4 Å². The van der Waals surface area contributed by atoms with Crippen molar-refractivity contribution in [2.45, 2.75) is 37.4 Å². The summed E-state index contributed by atoms with van der Waals surface area (Å²) in [6.07, 6.45) is 4.62. The van der Waals surface area contributed by atoms with E-state index in [0.717, 1.165) is 32.1 Å². The van der Waals surface area contributed by atoms with Crippen LogP contribution in [0, 0.1) is 0 Å². The Balaban J connectivity index is 2.47. The summed E-state index contributed by atoms with van der Waals surface area (Å²) in [4.78, 5) is 0. The van der Waals surface area contributed by atoms with Crippen LogP contribution >= 0.6 is 0 Å². The minimum atomic E-state index is -3.33. The molecule has 0 amide bonds. The van der Waals surface area contributed by atoms with E-state index in [1.807, 2.05) is 0 Å². The van der Waals surface area contributed by atoms with Crippen LogP contribution in [0.4, 0.5) is 0 Å². The van der Waals surface area contributed by atoms with Crippen molar-refractivity contribution < 1.29 is 12.6 Å². The summed E-state index contributed by atoms with van der Waals surface area (Å²) in [6.45, 7) is 0.366. The van der Waals surface area contributed by atoms with Crippen LogP contribution < -0.4 is 5.73 Å². The van der Waals surface area contributed by atoms with Gasteiger partial charge < -0.3 is 5.73 Å². The van der Waals surface area contributed by atoms with Gasteiger partial charge in [0.15, 0.2) is 0 Å². The first kappa shape index (κ1) is 10.9. The quantitative estimate of drug-likeness (QED) is 0.686. The monoisotopic (exact) mass is 207 g/mol. The Kier molecular flexibility index (Phi) is 4.15. The molecule has 1 aliphatic carbocycles. The van der Waals surface area contributed by atoms with Gasteiger partial charge in [-0.15, -0.1) is 0 Å². The molecule has 1 aliphatic rings. The fourth-order valence-electron chi connectivity index (χ4n) is 1.61. The highest BCUT2D eigenvalue weighted by atomic mass is 32.2. The second-order valence-corrected chi connectivity index (χ2v) is 5.25. The maximum Gasteiger partial charge on any atom is 0.270 e. The largest absolute Gasteiger partial charge is 0.328 e. The lowest BCUT2D eigenvalue weighted by atomic mass is 10.0. The summed E-state index contributed by atoms with van der Waals surface area (Å²) in [5.74, 6) is 0. The molecule has 0 heterocycles. The lowest BCUT2D eigenvalue weighted by Crippen LogP contribution is -2.27. The molecular weight excluding hydrogens is 190 g/mol. The van der Waals surface area contributed by atoms with Crippen molar-refractivity contribution in [1.29, 1.82) is 0 Å². The molecule has 78 valence electrons. The summed E-state index contributed by atoms with van der Waals surface area (Å²) in [5.41, 5.74) is 5.18. The Morgan fingerprint density at radius 2 is 1.85 bits per heavy atom. The smallest absolute Gasteiger partial charge is 0.270 e. The maximum atomic E-state index is 11.5. The molecule has 0 radical (unpaired) electrons. The molecule has 0 unspecified atom stereocenters. The molecule has 0 atom stereocenters. The zero-order valence-corrected chi connectivity index (χ0v) is 8.55. The van der Waals surface area contributed by atoms with Crippen molar-refractivity contribution in [3.63, 3.8) is 0 Å². The first-order valence-electron chi connectivity index (χ1n) is 4.75. The molecule has 0 spiro atoms. The van der Waals surface area contributed by atoms with Crippen LogP contribution in [0.15, 0.2) is 0 Å². The Morgan fingerprint density at radius 1 is 1.23 bits per heavy atom. The van der Waals surface area contributed by atoms with Gasteiger partial charge in [-0.25, -0.2) is 0 Å². The average Bonchev–Trinajstić information content (AvgIpc) is 2.16. The molecule has 0 aromatic heterocycles. The Hall–Kier alpha value is -0.130. The number of nitrogens with two attached hydrogens (primary N) is 1. The molecule has 1 rings (SSSR count). The number of rotatable bonds is 4. The van der Waals surface area contributed by atoms with Crippen molar-refractivity contribution >= 4 is 10.1 Å². The van der Waals surface area contributed by atoms with Gasteiger partial charge in [-0.3, -0.25) is 4.18 Å². The second-order valence-electron chi connectivity index (χ2n) is 3.36. The van der Waals surface area contributed by atoms with Crippen LogP contribution in [0.1, 0.15) is 32.1 Å². The molecule has 0 bridgehead atoms. The number of hydrogen-bond donors (Lipinski definition) is 1. The Labute approximate surface area is 79.6 Å². The van der Waals surface area contributed by atoms with E-state index >= 15 is 0 Å². The van der Waals surface area contributed by atoms with E-state index in [1.165, 1.54) is 0 Å². The van der Waals surface area contributed by atoms with Crippen molar-refractivity contribution in [3.05, 3.63) is 0 Å². The van der Waals surface area contributed by atoms with E-state index in [4.69, 9.17) is 9.92 Å². The van der Waals surface area contributed by atoms with Gasteiger partial charge in [0.05, 0.1) is 11.9 Å². The van der Waals surface area contributed by atoms with E-state index in [2.05, 4.69) is 0 Å². The molecule has 13 heavy (non-hydrogen) atoms. The summed E-state index contributed by atoms with van der Waals surface area (Å²) in [7, 11) is -3.33. The van der Waals surface area contributed by atoms with E-state index in [1.54, 1.807) is 0 Å². The predicted molar refractivity (Wildman–Crippen MR) is 50.8 cm³/mol.